The third kappa shape index (κ3) is 3.90. The van der Waals surface area contributed by atoms with Crippen LogP contribution < -0.4 is 0 Å². The van der Waals surface area contributed by atoms with Gasteiger partial charge in [-0.3, -0.25) is 14.9 Å². The summed E-state index contributed by atoms with van der Waals surface area (Å²) < 4.78 is 5.20. The van der Waals surface area contributed by atoms with Gasteiger partial charge in [-0.1, -0.05) is 17.3 Å². The van der Waals surface area contributed by atoms with Gasteiger partial charge in [0, 0.05) is 31.1 Å². The van der Waals surface area contributed by atoms with Gasteiger partial charge in [-0.2, -0.15) is 4.98 Å². The number of likely N-dealkylation sites (tertiary alicyclic amines) is 1. The highest BCUT2D eigenvalue weighted by Gasteiger charge is 2.26. The number of nitro benzene ring substituents is 1. The lowest BCUT2D eigenvalue weighted by Gasteiger charge is -2.29. The molecule has 8 nitrogen and oxygen atoms in total. The highest BCUT2D eigenvalue weighted by atomic mass is 16.6. The smallest absolute Gasteiger partial charge is 0.276 e. The SMILES string of the molecule is Cc1noc(C2CCN(C(=O)/C=C/c3ccccc3[N+](=O)[O-])CC2)n1. The van der Waals surface area contributed by atoms with E-state index >= 15 is 0 Å². The number of amides is 1. The lowest BCUT2D eigenvalue weighted by molar-refractivity contribution is -0.385. The molecule has 1 amide bonds. The highest BCUT2D eigenvalue weighted by Crippen LogP contribution is 2.27. The molecule has 2 aromatic rings. The first-order valence-electron chi connectivity index (χ1n) is 8.05. The van der Waals surface area contributed by atoms with Crippen LogP contribution in [-0.4, -0.2) is 39.0 Å². The summed E-state index contributed by atoms with van der Waals surface area (Å²) in [4.78, 5) is 28.8. The standard InChI is InChI=1S/C17H18N4O4/c1-12-18-17(25-19-12)14-8-10-20(11-9-14)16(22)7-6-13-4-2-3-5-15(13)21(23)24/h2-7,14H,8-11H2,1H3/b7-6+. The van der Waals surface area contributed by atoms with Crippen LogP contribution in [0.15, 0.2) is 34.9 Å². The zero-order valence-corrected chi connectivity index (χ0v) is 13.8. The number of hydrogen-bond donors (Lipinski definition) is 0. The molecule has 0 bridgehead atoms. The summed E-state index contributed by atoms with van der Waals surface area (Å²) in [5, 5.41) is 14.8. The van der Waals surface area contributed by atoms with E-state index < -0.39 is 4.92 Å². The number of carbonyl (C=O) groups is 1. The lowest BCUT2D eigenvalue weighted by atomic mass is 9.96. The molecule has 3 rings (SSSR count). The minimum atomic E-state index is -0.456. The van der Waals surface area contributed by atoms with Crippen LogP contribution in [0.4, 0.5) is 5.69 Å². The number of nitrogens with zero attached hydrogens (tertiary/aromatic N) is 4. The number of aryl methyl sites for hydroxylation is 1. The van der Waals surface area contributed by atoms with Crippen LogP contribution in [0.1, 0.15) is 36.0 Å². The van der Waals surface area contributed by atoms with E-state index in [1.165, 1.54) is 18.2 Å². The molecule has 130 valence electrons. The van der Waals surface area contributed by atoms with E-state index in [1.807, 2.05) is 0 Å². The third-order valence-corrected chi connectivity index (χ3v) is 4.24. The van der Waals surface area contributed by atoms with Gasteiger partial charge in [0.2, 0.25) is 11.8 Å². The maximum Gasteiger partial charge on any atom is 0.276 e. The van der Waals surface area contributed by atoms with E-state index in [2.05, 4.69) is 10.1 Å². The van der Waals surface area contributed by atoms with Crippen molar-refractivity contribution in [3.63, 3.8) is 0 Å². The van der Waals surface area contributed by atoms with Crippen LogP contribution in [0.2, 0.25) is 0 Å². The molecule has 1 aliphatic heterocycles. The fraction of sp³-hybridized carbons (Fsp3) is 0.353. The molecule has 1 aromatic heterocycles. The number of piperidine rings is 1. The number of para-hydroxylation sites is 1. The van der Waals surface area contributed by atoms with Crippen molar-refractivity contribution in [2.45, 2.75) is 25.7 Å². The van der Waals surface area contributed by atoms with E-state index in [4.69, 9.17) is 4.52 Å². The first-order valence-corrected chi connectivity index (χ1v) is 8.05. The minimum Gasteiger partial charge on any atom is -0.339 e. The largest absolute Gasteiger partial charge is 0.339 e. The fourth-order valence-electron chi connectivity index (χ4n) is 2.89. The first kappa shape index (κ1) is 16.8. The number of rotatable bonds is 4. The molecule has 0 spiro atoms. The van der Waals surface area contributed by atoms with Gasteiger partial charge in [-0.15, -0.1) is 0 Å². The van der Waals surface area contributed by atoms with Gasteiger partial charge < -0.3 is 9.42 Å². The van der Waals surface area contributed by atoms with Crippen LogP contribution in [-0.2, 0) is 4.79 Å². The third-order valence-electron chi connectivity index (χ3n) is 4.24. The lowest BCUT2D eigenvalue weighted by Crippen LogP contribution is -2.36. The van der Waals surface area contributed by atoms with Crippen molar-refractivity contribution in [1.29, 1.82) is 0 Å². The number of benzene rings is 1. The van der Waals surface area contributed by atoms with Gasteiger partial charge in [-0.25, -0.2) is 0 Å². The maximum atomic E-state index is 12.3. The number of carbonyl (C=O) groups excluding carboxylic acids is 1. The maximum absolute atomic E-state index is 12.3. The number of nitro groups is 1. The average molecular weight is 342 g/mol. The van der Waals surface area contributed by atoms with Gasteiger partial charge >= 0.3 is 0 Å². The monoisotopic (exact) mass is 342 g/mol. The van der Waals surface area contributed by atoms with Crippen molar-refractivity contribution in [3.05, 3.63) is 57.7 Å². The van der Waals surface area contributed by atoms with Gasteiger partial charge in [0.05, 0.1) is 10.5 Å². The van der Waals surface area contributed by atoms with Crippen molar-refractivity contribution in [2.75, 3.05) is 13.1 Å². The second-order valence-corrected chi connectivity index (χ2v) is 5.93. The summed E-state index contributed by atoms with van der Waals surface area (Å²) in [7, 11) is 0. The second-order valence-electron chi connectivity index (χ2n) is 5.93. The minimum absolute atomic E-state index is 0.0166. The molecule has 1 aliphatic rings. The Morgan fingerprint density at radius 3 is 2.72 bits per heavy atom. The van der Waals surface area contributed by atoms with Gasteiger partial charge in [0.15, 0.2) is 5.82 Å². The molecule has 0 aliphatic carbocycles. The molecule has 0 unspecified atom stereocenters. The molecular formula is C17H18N4O4. The molecular weight excluding hydrogens is 324 g/mol. The van der Waals surface area contributed by atoms with Crippen molar-refractivity contribution in [1.82, 2.24) is 15.0 Å². The van der Waals surface area contributed by atoms with E-state index in [1.54, 1.807) is 30.0 Å². The van der Waals surface area contributed by atoms with Crippen LogP contribution >= 0.6 is 0 Å². The average Bonchev–Trinajstić information content (AvgIpc) is 3.06. The van der Waals surface area contributed by atoms with Crippen LogP contribution in [0.5, 0.6) is 0 Å². The topological polar surface area (TPSA) is 102 Å². The van der Waals surface area contributed by atoms with E-state index in [0.717, 1.165) is 12.8 Å². The number of hydrogen-bond acceptors (Lipinski definition) is 6. The van der Waals surface area contributed by atoms with Crippen molar-refractivity contribution < 1.29 is 14.2 Å². The Labute approximate surface area is 144 Å². The highest BCUT2D eigenvalue weighted by molar-refractivity contribution is 5.92. The summed E-state index contributed by atoms with van der Waals surface area (Å²) >= 11 is 0. The summed E-state index contributed by atoms with van der Waals surface area (Å²) in [5.41, 5.74) is 0.397. The normalized spacial score (nSPS) is 15.6. The Morgan fingerprint density at radius 1 is 1.36 bits per heavy atom. The molecule has 1 fully saturated rings. The number of aromatic nitrogens is 2. The Morgan fingerprint density at radius 2 is 2.08 bits per heavy atom. The summed E-state index contributed by atoms with van der Waals surface area (Å²) in [6.45, 7) is 2.96. The van der Waals surface area contributed by atoms with E-state index in [0.29, 0.717) is 30.4 Å². The molecule has 1 aromatic carbocycles. The molecule has 8 heteroatoms. The fourth-order valence-corrected chi connectivity index (χ4v) is 2.89. The Hall–Kier alpha value is -3.03. The molecule has 2 heterocycles. The second kappa shape index (κ2) is 7.25. The molecule has 0 saturated carbocycles. The quantitative estimate of drug-likeness (QED) is 0.481. The van der Waals surface area contributed by atoms with E-state index in [-0.39, 0.29) is 17.5 Å². The zero-order chi connectivity index (χ0) is 17.8. The molecule has 0 atom stereocenters. The Kier molecular flexibility index (Phi) is 4.87. The predicted molar refractivity (Wildman–Crippen MR) is 89.7 cm³/mol. The zero-order valence-electron chi connectivity index (χ0n) is 13.8. The Balaban J connectivity index is 1.61. The predicted octanol–water partition coefficient (Wildman–Crippen LogP) is 2.71. The van der Waals surface area contributed by atoms with Crippen LogP contribution in [0, 0.1) is 17.0 Å². The van der Waals surface area contributed by atoms with Crippen LogP contribution in [0.3, 0.4) is 0 Å². The first-order chi connectivity index (χ1) is 12.0. The van der Waals surface area contributed by atoms with Crippen molar-refractivity contribution in [3.8, 4) is 0 Å². The Bertz CT molecular complexity index is 806. The molecule has 1 saturated heterocycles. The summed E-state index contributed by atoms with van der Waals surface area (Å²) in [6.07, 6.45) is 4.40. The van der Waals surface area contributed by atoms with Gasteiger partial charge in [-0.05, 0) is 31.9 Å². The summed E-state index contributed by atoms with van der Waals surface area (Å²) in [5.74, 6) is 1.25. The summed E-state index contributed by atoms with van der Waals surface area (Å²) in [6, 6.07) is 6.34. The molecule has 0 radical (unpaired) electrons. The van der Waals surface area contributed by atoms with Gasteiger partial charge in [0.25, 0.3) is 5.69 Å². The van der Waals surface area contributed by atoms with Crippen molar-refractivity contribution >= 4 is 17.7 Å². The van der Waals surface area contributed by atoms with E-state index in [9.17, 15) is 14.9 Å². The molecule has 0 N–H and O–H groups in total. The van der Waals surface area contributed by atoms with Crippen molar-refractivity contribution in [2.24, 2.45) is 0 Å². The molecule has 25 heavy (non-hydrogen) atoms. The van der Waals surface area contributed by atoms with Gasteiger partial charge in [0.1, 0.15) is 0 Å². The van der Waals surface area contributed by atoms with Crippen LogP contribution in [0.25, 0.3) is 6.08 Å².